The van der Waals surface area contributed by atoms with Gasteiger partial charge in [0.25, 0.3) is 0 Å². The summed E-state index contributed by atoms with van der Waals surface area (Å²) in [5, 5.41) is 5.73. The average molecular weight is 422 g/mol. The standard InChI is InChI=1S/C25H31N3O3/c1-25(2)23(18-9-11-19(12-10-18)27-22(29)16-26-3)21-14-13-20(28(21)24(30)31-25)15-17-7-5-4-6-8-17/h4-12,20-21,23,26H,13-16H2,1-3H3,(H,27,29)/t20-,21+,23?/m1/s1. The van der Waals surface area contributed by atoms with Gasteiger partial charge in [0.1, 0.15) is 5.60 Å². The highest BCUT2D eigenvalue weighted by molar-refractivity contribution is 5.92. The third-order valence-corrected chi connectivity index (χ3v) is 6.45. The van der Waals surface area contributed by atoms with Gasteiger partial charge in [-0.15, -0.1) is 0 Å². The summed E-state index contributed by atoms with van der Waals surface area (Å²) in [6.45, 7) is 4.27. The maximum Gasteiger partial charge on any atom is 0.410 e. The van der Waals surface area contributed by atoms with E-state index in [2.05, 4.69) is 22.8 Å². The molecule has 2 amide bonds. The van der Waals surface area contributed by atoms with Crippen molar-refractivity contribution in [2.45, 2.75) is 56.7 Å². The molecule has 2 heterocycles. The molecule has 6 heteroatoms. The molecule has 0 spiro atoms. The molecule has 2 N–H and O–H groups in total. The Morgan fingerprint density at radius 3 is 2.48 bits per heavy atom. The van der Waals surface area contributed by atoms with Crippen molar-refractivity contribution < 1.29 is 14.3 Å². The molecule has 164 valence electrons. The predicted octanol–water partition coefficient (Wildman–Crippen LogP) is 3.93. The van der Waals surface area contributed by atoms with Gasteiger partial charge in [-0.05, 0) is 63.4 Å². The van der Waals surface area contributed by atoms with Crippen molar-refractivity contribution in [3.05, 3.63) is 65.7 Å². The van der Waals surface area contributed by atoms with Crippen molar-refractivity contribution in [2.75, 3.05) is 18.9 Å². The summed E-state index contributed by atoms with van der Waals surface area (Å²) in [6.07, 6.45) is 2.57. The van der Waals surface area contributed by atoms with E-state index in [9.17, 15) is 9.59 Å². The van der Waals surface area contributed by atoms with Crippen molar-refractivity contribution in [3.63, 3.8) is 0 Å². The normalized spacial score (nSPS) is 24.4. The quantitative estimate of drug-likeness (QED) is 0.741. The second kappa shape index (κ2) is 8.71. The van der Waals surface area contributed by atoms with Crippen molar-refractivity contribution >= 4 is 17.7 Å². The number of nitrogens with one attached hydrogen (secondary N) is 2. The first-order chi connectivity index (χ1) is 14.9. The first-order valence-electron chi connectivity index (χ1n) is 11.0. The van der Waals surface area contributed by atoms with Crippen LogP contribution in [0, 0.1) is 0 Å². The number of hydrogen-bond acceptors (Lipinski definition) is 4. The lowest BCUT2D eigenvalue weighted by atomic mass is 9.77. The lowest BCUT2D eigenvalue weighted by Gasteiger charge is -2.48. The van der Waals surface area contributed by atoms with E-state index < -0.39 is 5.60 Å². The van der Waals surface area contributed by atoms with E-state index in [-0.39, 0.29) is 36.5 Å². The minimum absolute atomic E-state index is 0.0630. The van der Waals surface area contributed by atoms with Crippen LogP contribution in [-0.4, -0.2) is 48.2 Å². The van der Waals surface area contributed by atoms with Crippen LogP contribution >= 0.6 is 0 Å². The Bertz CT molecular complexity index is 927. The number of anilines is 1. The van der Waals surface area contributed by atoms with E-state index in [4.69, 9.17) is 4.74 Å². The van der Waals surface area contributed by atoms with Gasteiger partial charge in [0.2, 0.25) is 5.91 Å². The molecule has 0 aromatic heterocycles. The van der Waals surface area contributed by atoms with Crippen molar-refractivity contribution in [1.82, 2.24) is 10.2 Å². The minimum Gasteiger partial charge on any atom is -0.443 e. The summed E-state index contributed by atoms with van der Waals surface area (Å²) in [4.78, 5) is 26.8. The van der Waals surface area contributed by atoms with Crippen LogP contribution in [0.3, 0.4) is 0 Å². The fraction of sp³-hybridized carbons (Fsp3) is 0.440. The topological polar surface area (TPSA) is 70.7 Å². The molecule has 31 heavy (non-hydrogen) atoms. The van der Waals surface area contributed by atoms with Gasteiger partial charge in [-0.2, -0.15) is 0 Å². The summed E-state index contributed by atoms with van der Waals surface area (Å²) < 4.78 is 5.96. The van der Waals surface area contributed by atoms with E-state index in [0.717, 1.165) is 30.5 Å². The number of likely N-dealkylation sites (N-methyl/N-ethyl adjacent to an activating group) is 1. The van der Waals surface area contributed by atoms with Gasteiger partial charge in [-0.3, -0.25) is 4.79 Å². The molecule has 3 atom stereocenters. The second-order valence-corrected chi connectivity index (χ2v) is 9.05. The number of fused-ring (bicyclic) bond motifs is 1. The van der Waals surface area contributed by atoms with E-state index in [0.29, 0.717) is 0 Å². The van der Waals surface area contributed by atoms with Crippen molar-refractivity contribution in [3.8, 4) is 0 Å². The molecule has 0 bridgehead atoms. The number of benzene rings is 2. The first-order valence-corrected chi connectivity index (χ1v) is 11.0. The van der Waals surface area contributed by atoms with Gasteiger partial charge in [0, 0.05) is 23.7 Å². The molecule has 2 fully saturated rings. The molecule has 2 aromatic carbocycles. The van der Waals surface area contributed by atoms with Gasteiger partial charge < -0.3 is 20.3 Å². The lowest BCUT2D eigenvalue weighted by Crippen LogP contribution is -2.57. The highest BCUT2D eigenvalue weighted by Gasteiger charge is 2.53. The molecule has 6 nitrogen and oxygen atoms in total. The van der Waals surface area contributed by atoms with Gasteiger partial charge >= 0.3 is 6.09 Å². The number of cyclic esters (lactones) is 1. The zero-order valence-corrected chi connectivity index (χ0v) is 18.4. The second-order valence-electron chi connectivity index (χ2n) is 9.05. The summed E-state index contributed by atoms with van der Waals surface area (Å²) >= 11 is 0. The molecule has 0 saturated carbocycles. The van der Waals surface area contributed by atoms with Gasteiger partial charge in [-0.25, -0.2) is 4.79 Å². The number of carbonyl (C=O) groups is 2. The van der Waals surface area contributed by atoms with E-state index in [1.165, 1.54) is 5.56 Å². The van der Waals surface area contributed by atoms with E-state index in [1.807, 2.05) is 61.2 Å². The van der Waals surface area contributed by atoms with Crippen LogP contribution in [-0.2, 0) is 16.0 Å². The summed E-state index contributed by atoms with van der Waals surface area (Å²) in [7, 11) is 1.74. The zero-order chi connectivity index (χ0) is 22.0. The Balaban J connectivity index is 1.55. The monoisotopic (exact) mass is 421 g/mol. The van der Waals surface area contributed by atoms with Crippen LogP contribution in [0.2, 0.25) is 0 Å². The molecule has 1 unspecified atom stereocenters. The Morgan fingerprint density at radius 1 is 1.10 bits per heavy atom. The molecule has 2 aromatic rings. The number of nitrogens with zero attached hydrogens (tertiary/aromatic N) is 1. The van der Waals surface area contributed by atoms with Gasteiger partial charge in [-0.1, -0.05) is 42.5 Å². The van der Waals surface area contributed by atoms with Crippen LogP contribution in [0.4, 0.5) is 10.5 Å². The fourth-order valence-corrected chi connectivity index (χ4v) is 5.18. The largest absolute Gasteiger partial charge is 0.443 e. The Kier molecular flexibility index (Phi) is 6.01. The summed E-state index contributed by atoms with van der Waals surface area (Å²) in [6, 6.07) is 18.5. The summed E-state index contributed by atoms with van der Waals surface area (Å²) in [5.74, 6) is -0.0130. The van der Waals surface area contributed by atoms with Crippen molar-refractivity contribution in [2.24, 2.45) is 0 Å². The van der Waals surface area contributed by atoms with E-state index in [1.54, 1.807) is 7.05 Å². The Labute approximate surface area is 184 Å². The highest BCUT2D eigenvalue weighted by Crippen LogP contribution is 2.47. The molecule has 0 aliphatic carbocycles. The van der Waals surface area contributed by atoms with Crippen LogP contribution < -0.4 is 10.6 Å². The number of ether oxygens (including phenoxy) is 1. The molecule has 2 saturated heterocycles. The van der Waals surface area contributed by atoms with Gasteiger partial charge in [0.05, 0.1) is 6.54 Å². The Morgan fingerprint density at radius 2 is 1.81 bits per heavy atom. The molecular formula is C25H31N3O3. The van der Waals surface area contributed by atoms with Crippen LogP contribution in [0.1, 0.15) is 43.7 Å². The first kappa shape index (κ1) is 21.4. The van der Waals surface area contributed by atoms with Crippen LogP contribution in [0.25, 0.3) is 0 Å². The molecule has 0 radical (unpaired) electrons. The van der Waals surface area contributed by atoms with Gasteiger partial charge in [0.15, 0.2) is 0 Å². The SMILES string of the molecule is CNCC(=O)Nc1ccc(C2[C@@H]3CC[C@H](Cc4ccccc4)N3C(=O)OC2(C)C)cc1. The third kappa shape index (κ3) is 4.44. The zero-order valence-electron chi connectivity index (χ0n) is 18.4. The number of amides is 2. The highest BCUT2D eigenvalue weighted by atomic mass is 16.6. The van der Waals surface area contributed by atoms with E-state index >= 15 is 0 Å². The van der Waals surface area contributed by atoms with Crippen LogP contribution in [0.5, 0.6) is 0 Å². The molecule has 2 aliphatic rings. The Hall–Kier alpha value is -2.86. The summed E-state index contributed by atoms with van der Waals surface area (Å²) in [5.41, 5.74) is 2.53. The number of rotatable bonds is 6. The van der Waals surface area contributed by atoms with Crippen LogP contribution in [0.15, 0.2) is 54.6 Å². The van der Waals surface area contributed by atoms with Crippen molar-refractivity contribution in [1.29, 1.82) is 0 Å². The lowest BCUT2D eigenvalue weighted by molar-refractivity contribution is -0.115. The molecule has 2 aliphatic heterocycles. The molecule has 4 rings (SSSR count). The number of hydrogen-bond donors (Lipinski definition) is 2. The average Bonchev–Trinajstić information content (AvgIpc) is 3.13. The third-order valence-electron chi connectivity index (χ3n) is 6.45. The molecular weight excluding hydrogens is 390 g/mol. The maximum atomic E-state index is 13.0. The fourth-order valence-electron chi connectivity index (χ4n) is 5.18. The predicted molar refractivity (Wildman–Crippen MR) is 121 cm³/mol. The minimum atomic E-state index is -0.600. The maximum absolute atomic E-state index is 13.0. The smallest absolute Gasteiger partial charge is 0.410 e. The number of carbonyl (C=O) groups excluding carboxylic acids is 2.